The topological polar surface area (TPSA) is 62.7 Å². The molecule has 0 aliphatic carbocycles. The number of hydrogen-bond donors (Lipinski definition) is 1. The Morgan fingerprint density at radius 3 is 3.00 bits per heavy atom. The molecule has 5 heteroatoms. The van der Waals surface area contributed by atoms with Gasteiger partial charge in [-0.1, -0.05) is 6.07 Å². The maximum absolute atomic E-state index is 11.4. The second-order valence-electron chi connectivity index (χ2n) is 4.88. The van der Waals surface area contributed by atoms with Gasteiger partial charge in [0.05, 0.1) is 12.3 Å². The van der Waals surface area contributed by atoms with Crippen LogP contribution >= 0.6 is 0 Å². The minimum Gasteiger partial charge on any atom is -0.481 e. The predicted molar refractivity (Wildman–Crippen MR) is 66.1 cm³/mol. The number of carbonyl (C=O) groups is 1. The van der Waals surface area contributed by atoms with Crippen LogP contribution in [0.25, 0.3) is 0 Å². The molecule has 1 N–H and O–H groups in total. The van der Waals surface area contributed by atoms with Crippen LogP contribution < -0.4 is 0 Å². The highest BCUT2D eigenvalue weighted by Gasteiger charge is 2.43. The fraction of sp³-hybridized carbons (Fsp3) is 0.538. The van der Waals surface area contributed by atoms with Crippen LogP contribution in [0.1, 0.15) is 12.1 Å². The Hall–Kier alpha value is -1.46. The van der Waals surface area contributed by atoms with Crippen LogP contribution in [0.3, 0.4) is 0 Å². The fourth-order valence-corrected chi connectivity index (χ4v) is 2.31. The predicted octanol–water partition coefficient (Wildman–Crippen LogP) is 1.00. The second-order valence-corrected chi connectivity index (χ2v) is 4.88. The Morgan fingerprint density at radius 1 is 1.61 bits per heavy atom. The Labute approximate surface area is 106 Å². The van der Waals surface area contributed by atoms with E-state index >= 15 is 0 Å². The van der Waals surface area contributed by atoms with E-state index in [-0.39, 0.29) is 0 Å². The fourth-order valence-electron chi connectivity index (χ4n) is 2.31. The van der Waals surface area contributed by atoms with E-state index in [2.05, 4.69) is 4.98 Å². The van der Waals surface area contributed by atoms with Gasteiger partial charge in [0.1, 0.15) is 5.41 Å². The third kappa shape index (κ3) is 2.86. The van der Waals surface area contributed by atoms with Crippen molar-refractivity contribution >= 4 is 5.97 Å². The standard InChI is InChI=1S/C13H18N2O3/c1-15(8-11-4-2-3-6-14-11)9-13(12(16)17)5-7-18-10-13/h2-4,6H,5,7-10H2,1H3,(H,16,17). The lowest BCUT2D eigenvalue weighted by Gasteiger charge is -2.28. The van der Waals surface area contributed by atoms with Gasteiger partial charge in [0, 0.05) is 25.9 Å². The third-order valence-electron chi connectivity index (χ3n) is 3.29. The highest BCUT2D eigenvalue weighted by Crippen LogP contribution is 2.30. The van der Waals surface area contributed by atoms with Crippen LogP contribution in [0.2, 0.25) is 0 Å². The first-order valence-corrected chi connectivity index (χ1v) is 6.02. The number of nitrogens with zero attached hydrogens (tertiary/aromatic N) is 2. The van der Waals surface area contributed by atoms with Crippen LogP contribution in [0, 0.1) is 5.41 Å². The van der Waals surface area contributed by atoms with Gasteiger partial charge in [-0.2, -0.15) is 0 Å². The summed E-state index contributed by atoms with van der Waals surface area (Å²) < 4.78 is 5.25. The van der Waals surface area contributed by atoms with Crippen molar-refractivity contribution in [3.05, 3.63) is 30.1 Å². The molecule has 0 radical (unpaired) electrons. The highest BCUT2D eigenvalue weighted by molar-refractivity contribution is 5.75. The first kappa shape index (κ1) is 13.0. The summed E-state index contributed by atoms with van der Waals surface area (Å²) in [5.74, 6) is -0.770. The quantitative estimate of drug-likeness (QED) is 0.845. The Kier molecular flexibility index (Phi) is 3.93. The van der Waals surface area contributed by atoms with E-state index in [4.69, 9.17) is 4.74 Å². The van der Waals surface area contributed by atoms with Gasteiger partial charge in [0.25, 0.3) is 0 Å². The number of aromatic nitrogens is 1. The molecule has 0 spiro atoms. The van der Waals surface area contributed by atoms with Crippen molar-refractivity contribution < 1.29 is 14.6 Å². The lowest BCUT2D eigenvalue weighted by Crippen LogP contribution is -2.42. The lowest BCUT2D eigenvalue weighted by atomic mass is 9.87. The summed E-state index contributed by atoms with van der Waals surface area (Å²) in [7, 11) is 1.91. The maximum atomic E-state index is 11.4. The summed E-state index contributed by atoms with van der Waals surface area (Å²) in [5, 5.41) is 9.36. The zero-order chi connectivity index (χ0) is 13.0. The number of hydrogen-bond acceptors (Lipinski definition) is 4. The molecular weight excluding hydrogens is 232 g/mol. The molecule has 0 amide bonds. The molecule has 0 aromatic carbocycles. The molecular formula is C13H18N2O3. The van der Waals surface area contributed by atoms with E-state index in [1.165, 1.54) is 0 Å². The monoisotopic (exact) mass is 250 g/mol. The van der Waals surface area contributed by atoms with Crippen LogP contribution in [-0.4, -0.2) is 47.8 Å². The molecule has 5 nitrogen and oxygen atoms in total. The minimum absolute atomic E-state index is 0.300. The smallest absolute Gasteiger partial charge is 0.313 e. The van der Waals surface area contributed by atoms with Gasteiger partial charge in [-0.15, -0.1) is 0 Å². The highest BCUT2D eigenvalue weighted by atomic mass is 16.5. The summed E-state index contributed by atoms with van der Waals surface area (Å²) >= 11 is 0. The van der Waals surface area contributed by atoms with Gasteiger partial charge in [-0.25, -0.2) is 0 Å². The van der Waals surface area contributed by atoms with Crippen molar-refractivity contribution in [2.24, 2.45) is 5.41 Å². The van der Waals surface area contributed by atoms with Crippen LogP contribution in [0.4, 0.5) is 0 Å². The minimum atomic E-state index is -0.770. The van der Waals surface area contributed by atoms with Crippen LogP contribution in [-0.2, 0) is 16.1 Å². The molecule has 98 valence electrons. The van der Waals surface area contributed by atoms with Crippen molar-refractivity contribution in [2.75, 3.05) is 26.8 Å². The molecule has 1 atom stereocenters. The second kappa shape index (κ2) is 5.46. The average Bonchev–Trinajstić information content (AvgIpc) is 2.80. The normalized spacial score (nSPS) is 23.4. The van der Waals surface area contributed by atoms with Gasteiger partial charge in [-0.3, -0.25) is 14.7 Å². The number of pyridine rings is 1. The van der Waals surface area contributed by atoms with Crippen molar-refractivity contribution in [3.63, 3.8) is 0 Å². The van der Waals surface area contributed by atoms with E-state index in [1.807, 2.05) is 30.1 Å². The molecule has 0 bridgehead atoms. The third-order valence-corrected chi connectivity index (χ3v) is 3.29. The van der Waals surface area contributed by atoms with Crippen molar-refractivity contribution in [2.45, 2.75) is 13.0 Å². The molecule has 1 aromatic heterocycles. The van der Waals surface area contributed by atoms with Crippen LogP contribution in [0.15, 0.2) is 24.4 Å². The summed E-state index contributed by atoms with van der Waals surface area (Å²) in [6.45, 7) is 1.97. The Balaban J connectivity index is 1.98. The van der Waals surface area contributed by atoms with Gasteiger partial charge >= 0.3 is 5.97 Å². The van der Waals surface area contributed by atoms with Gasteiger partial charge in [0.15, 0.2) is 0 Å². The zero-order valence-corrected chi connectivity index (χ0v) is 10.5. The van der Waals surface area contributed by atoms with E-state index in [9.17, 15) is 9.90 Å². The summed E-state index contributed by atoms with van der Waals surface area (Å²) in [5.41, 5.74) is 0.184. The zero-order valence-electron chi connectivity index (χ0n) is 10.5. The SMILES string of the molecule is CN(Cc1ccccn1)CC1(C(=O)O)CCOC1. The van der Waals surface area contributed by atoms with Crippen molar-refractivity contribution in [3.8, 4) is 0 Å². The molecule has 1 aliphatic heterocycles. The van der Waals surface area contributed by atoms with Gasteiger partial charge in [0.2, 0.25) is 0 Å². The van der Waals surface area contributed by atoms with E-state index in [0.29, 0.717) is 32.7 Å². The first-order chi connectivity index (χ1) is 8.62. The number of aliphatic carboxylic acids is 1. The largest absolute Gasteiger partial charge is 0.481 e. The number of rotatable bonds is 5. The van der Waals surface area contributed by atoms with E-state index in [0.717, 1.165) is 5.69 Å². The molecule has 1 unspecified atom stereocenters. The molecule has 0 saturated carbocycles. The molecule has 2 rings (SSSR count). The number of carboxylic acid groups (broad SMARTS) is 1. The molecule has 2 heterocycles. The first-order valence-electron chi connectivity index (χ1n) is 6.02. The Morgan fingerprint density at radius 2 is 2.44 bits per heavy atom. The summed E-state index contributed by atoms with van der Waals surface area (Å²) in [6.07, 6.45) is 2.32. The number of carboxylic acids is 1. The lowest BCUT2D eigenvalue weighted by molar-refractivity contribution is -0.150. The molecule has 1 saturated heterocycles. The molecule has 18 heavy (non-hydrogen) atoms. The van der Waals surface area contributed by atoms with Gasteiger partial charge < -0.3 is 9.84 Å². The van der Waals surface area contributed by atoms with Crippen molar-refractivity contribution in [1.82, 2.24) is 9.88 Å². The summed E-state index contributed by atoms with van der Waals surface area (Å²) in [4.78, 5) is 17.6. The summed E-state index contributed by atoms with van der Waals surface area (Å²) in [6, 6.07) is 5.74. The maximum Gasteiger partial charge on any atom is 0.313 e. The molecule has 1 aliphatic rings. The van der Waals surface area contributed by atoms with Gasteiger partial charge in [-0.05, 0) is 25.6 Å². The Bertz CT molecular complexity index is 402. The molecule has 1 aromatic rings. The van der Waals surface area contributed by atoms with Crippen molar-refractivity contribution in [1.29, 1.82) is 0 Å². The molecule has 1 fully saturated rings. The average molecular weight is 250 g/mol. The van der Waals surface area contributed by atoms with E-state index < -0.39 is 11.4 Å². The van der Waals surface area contributed by atoms with E-state index in [1.54, 1.807) is 6.20 Å². The van der Waals surface area contributed by atoms with Crippen LogP contribution in [0.5, 0.6) is 0 Å². The number of ether oxygens (including phenoxy) is 1.